The van der Waals surface area contributed by atoms with E-state index in [1.54, 1.807) is 0 Å². The van der Waals surface area contributed by atoms with Crippen LogP contribution in [0.2, 0.25) is 0 Å². The molecule has 0 saturated carbocycles. The predicted octanol–water partition coefficient (Wildman–Crippen LogP) is 0.934. The molecule has 2 fully saturated rings. The van der Waals surface area contributed by atoms with E-state index in [-0.39, 0.29) is 6.03 Å². The minimum atomic E-state index is 0.130. The van der Waals surface area contributed by atoms with Crippen molar-refractivity contribution >= 4 is 6.03 Å². The number of hydrogen-bond donors (Lipinski definition) is 2. The second-order valence-electron chi connectivity index (χ2n) is 4.51. The van der Waals surface area contributed by atoms with Gasteiger partial charge in [0, 0.05) is 25.7 Å². The lowest BCUT2D eigenvalue weighted by Gasteiger charge is -2.17. The summed E-state index contributed by atoms with van der Waals surface area (Å²) in [5.41, 5.74) is 0. The van der Waals surface area contributed by atoms with E-state index in [0.29, 0.717) is 6.04 Å². The molecule has 1 atom stereocenters. The van der Waals surface area contributed by atoms with E-state index in [9.17, 15) is 4.79 Å². The third-order valence-electron chi connectivity index (χ3n) is 3.32. The van der Waals surface area contributed by atoms with Crippen molar-refractivity contribution in [1.82, 2.24) is 15.5 Å². The fraction of sp³-hybridized carbons (Fsp3) is 0.909. The average molecular weight is 211 g/mol. The van der Waals surface area contributed by atoms with Crippen LogP contribution >= 0.6 is 0 Å². The van der Waals surface area contributed by atoms with Crippen LogP contribution in [0, 0.1) is 0 Å². The van der Waals surface area contributed by atoms with Crippen LogP contribution in [0.3, 0.4) is 0 Å². The van der Waals surface area contributed by atoms with E-state index < -0.39 is 0 Å². The quantitative estimate of drug-likeness (QED) is 0.729. The summed E-state index contributed by atoms with van der Waals surface area (Å²) >= 11 is 0. The maximum atomic E-state index is 11.6. The van der Waals surface area contributed by atoms with Crippen molar-refractivity contribution in [2.45, 2.75) is 38.1 Å². The number of nitrogens with zero attached hydrogens (tertiary/aromatic N) is 1. The van der Waals surface area contributed by atoms with E-state index in [1.807, 2.05) is 4.90 Å². The van der Waals surface area contributed by atoms with Gasteiger partial charge in [-0.3, -0.25) is 0 Å². The number of likely N-dealkylation sites (tertiary alicyclic amines) is 1. The van der Waals surface area contributed by atoms with Crippen molar-refractivity contribution < 1.29 is 4.79 Å². The first-order chi connectivity index (χ1) is 7.36. The van der Waals surface area contributed by atoms with E-state index in [0.717, 1.165) is 45.4 Å². The molecule has 4 heteroatoms. The predicted molar refractivity (Wildman–Crippen MR) is 59.8 cm³/mol. The molecule has 2 saturated heterocycles. The molecule has 0 aromatic carbocycles. The second-order valence-corrected chi connectivity index (χ2v) is 4.51. The number of carbonyl (C=O) groups excluding carboxylic acids is 1. The molecular formula is C11H21N3O. The van der Waals surface area contributed by atoms with Gasteiger partial charge < -0.3 is 15.5 Å². The molecule has 15 heavy (non-hydrogen) atoms. The highest BCUT2D eigenvalue weighted by Crippen LogP contribution is 2.09. The number of carbonyl (C=O) groups is 1. The monoisotopic (exact) mass is 211 g/mol. The lowest BCUT2D eigenvalue weighted by atomic mass is 10.1. The van der Waals surface area contributed by atoms with Gasteiger partial charge in [-0.2, -0.15) is 0 Å². The Balaban J connectivity index is 1.58. The third-order valence-corrected chi connectivity index (χ3v) is 3.32. The Morgan fingerprint density at radius 3 is 2.80 bits per heavy atom. The maximum absolute atomic E-state index is 11.6. The molecule has 2 aliphatic heterocycles. The topological polar surface area (TPSA) is 44.4 Å². The van der Waals surface area contributed by atoms with Gasteiger partial charge in [-0.05, 0) is 38.6 Å². The van der Waals surface area contributed by atoms with E-state index in [1.165, 1.54) is 12.8 Å². The fourth-order valence-electron chi connectivity index (χ4n) is 2.39. The van der Waals surface area contributed by atoms with Gasteiger partial charge in [0.05, 0.1) is 0 Å². The van der Waals surface area contributed by atoms with Gasteiger partial charge in [-0.1, -0.05) is 0 Å². The number of nitrogens with one attached hydrogen (secondary N) is 2. The zero-order valence-electron chi connectivity index (χ0n) is 9.30. The zero-order valence-corrected chi connectivity index (χ0v) is 9.30. The third kappa shape index (κ3) is 3.09. The Morgan fingerprint density at radius 2 is 2.13 bits per heavy atom. The second kappa shape index (κ2) is 5.35. The molecule has 0 radical (unpaired) electrons. The van der Waals surface area contributed by atoms with Crippen molar-refractivity contribution in [3.05, 3.63) is 0 Å². The Kier molecular flexibility index (Phi) is 3.83. The van der Waals surface area contributed by atoms with Crippen LogP contribution in [-0.2, 0) is 0 Å². The number of urea groups is 1. The molecule has 4 nitrogen and oxygen atoms in total. The van der Waals surface area contributed by atoms with Crippen molar-refractivity contribution in [3.63, 3.8) is 0 Å². The van der Waals surface area contributed by atoms with E-state index in [2.05, 4.69) is 10.6 Å². The summed E-state index contributed by atoms with van der Waals surface area (Å²) in [6.45, 7) is 3.83. The Bertz CT molecular complexity index is 208. The van der Waals surface area contributed by atoms with Crippen molar-refractivity contribution in [3.8, 4) is 0 Å². The van der Waals surface area contributed by atoms with Crippen LogP contribution < -0.4 is 10.6 Å². The van der Waals surface area contributed by atoms with E-state index in [4.69, 9.17) is 0 Å². The first kappa shape index (κ1) is 10.7. The van der Waals surface area contributed by atoms with Gasteiger partial charge in [0.25, 0.3) is 0 Å². The van der Waals surface area contributed by atoms with Crippen LogP contribution in [0.4, 0.5) is 4.79 Å². The van der Waals surface area contributed by atoms with Crippen molar-refractivity contribution in [1.29, 1.82) is 0 Å². The highest BCUT2D eigenvalue weighted by atomic mass is 16.2. The molecule has 0 aromatic rings. The highest BCUT2D eigenvalue weighted by Gasteiger charge is 2.18. The van der Waals surface area contributed by atoms with Crippen LogP contribution in [-0.4, -0.2) is 43.2 Å². The minimum Gasteiger partial charge on any atom is -0.338 e. The molecule has 2 rings (SSSR count). The minimum absolute atomic E-state index is 0.130. The first-order valence-corrected chi connectivity index (χ1v) is 6.12. The van der Waals surface area contributed by atoms with Gasteiger partial charge in [-0.25, -0.2) is 4.79 Å². The van der Waals surface area contributed by atoms with Crippen molar-refractivity contribution in [2.24, 2.45) is 0 Å². The Labute approximate surface area is 91.4 Å². The Hall–Kier alpha value is -0.770. The molecule has 86 valence electrons. The molecule has 2 heterocycles. The van der Waals surface area contributed by atoms with Crippen LogP contribution in [0.5, 0.6) is 0 Å². The fourth-order valence-corrected chi connectivity index (χ4v) is 2.39. The summed E-state index contributed by atoms with van der Waals surface area (Å²) < 4.78 is 0. The van der Waals surface area contributed by atoms with Gasteiger partial charge in [-0.15, -0.1) is 0 Å². The highest BCUT2D eigenvalue weighted by molar-refractivity contribution is 5.74. The maximum Gasteiger partial charge on any atom is 0.317 e. The number of hydrogen-bond acceptors (Lipinski definition) is 2. The number of amides is 2. The first-order valence-electron chi connectivity index (χ1n) is 6.12. The normalized spacial score (nSPS) is 25.9. The van der Waals surface area contributed by atoms with Gasteiger partial charge in [0.15, 0.2) is 0 Å². The van der Waals surface area contributed by atoms with Crippen LogP contribution in [0.25, 0.3) is 0 Å². The average Bonchev–Trinajstić information content (AvgIpc) is 2.90. The SMILES string of the molecule is O=C(NCC[C@H]1CCCN1)N1CCCC1. The van der Waals surface area contributed by atoms with Gasteiger partial charge in [0.2, 0.25) is 0 Å². The van der Waals surface area contributed by atoms with Gasteiger partial charge in [0.1, 0.15) is 0 Å². The molecule has 2 aliphatic rings. The molecule has 0 bridgehead atoms. The summed E-state index contributed by atoms with van der Waals surface area (Å²) in [4.78, 5) is 13.5. The summed E-state index contributed by atoms with van der Waals surface area (Å²) in [7, 11) is 0. The number of rotatable bonds is 3. The summed E-state index contributed by atoms with van der Waals surface area (Å²) in [6.07, 6.45) is 5.94. The summed E-state index contributed by atoms with van der Waals surface area (Å²) in [5, 5.41) is 6.43. The zero-order chi connectivity index (χ0) is 10.5. The molecule has 2 amide bonds. The molecule has 0 unspecified atom stereocenters. The molecule has 2 N–H and O–H groups in total. The van der Waals surface area contributed by atoms with Crippen molar-refractivity contribution in [2.75, 3.05) is 26.2 Å². The molecule has 0 aliphatic carbocycles. The van der Waals surface area contributed by atoms with Crippen LogP contribution in [0.15, 0.2) is 0 Å². The standard InChI is InChI=1S/C11H21N3O/c15-11(14-8-1-2-9-14)13-7-5-10-4-3-6-12-10/h10,12H,1-9H2,(H,13,15)/t10-/m1/s1. The molecular weight excluding hydrogens is 190 g/mol. The van der Waals surface area contributed by atoms with E-state index >= 15 is 0 Å². The molecule has 0 spiro atoms. The lowest BCUT2D eigenvalue weighted by Crippen LogP contribution is -2.39. The Morgan fingerprint density at radius 1 is 1.33 bits per heavy atom. The van der Waals surface area contributed by atoms with Crippen LogP contribution in [0.1, 0.15) is 32.1 Å². The van der Waals surface area contributed by atoms with Gasteiger partial charge >= 0.3 is 6.03 Å². The summed E-state index contributed by atoms with van der Waals surface area (Å²) in [6, 6.07) is 0.759. The largest absolute Gasteiger partial charge is 0.338 e. The lowest BCUT2D eigenvalue weighted by molar-refractivity contribution is 0.208. The molecule has 0 aromatic heterocycles. The smallest absolute Gasteiger partial charge is 0.317 e. The summed E-state index contributed by atoms with van der Waals surface area (Å²) in [5.74, 6) is 0.